The first-order valence-corrected chi connectivity index (χ1v) is 7.72. The molecule has 22 heavy (non-hydrogen) atoms. The van der Waals surface area contributed by atoms with Gasteiger partial charge in [0.15, 0.2) is 0 Å². The number of methoxy groups -OCH3 is 1. The summed E-state index contributed by atoms with van der Waals surface area (Å²) in [4.78, 5) is 6.71. The molecule has 0 amide bonds. The van der Waals surface area contributed by atoms with E-state index < -0.39 is 0 Å². The van der Waals surface area contributed by atoms with Crippen molar-refractivity contribution in [2.45, 2.75) is 31.8 Å². The molecule has 1 aliphatic heterocycles. The quantitative estimate of drug-likeness (QED) is 0.846. The normalized spacial score (nSPS) is 18.5. The lowest BCUT2D eigenvalue weighted by atomic mass is 10.0. The Morgan fingerprint density at radius 3 is 3.05 bits per heavy atom. The van der Waals surface area contributed by atoms with Gasteiger partial charge in [0.1, 0.15) is 5.82 Å². The lowest BCUT2D eigenvalue weighted by molar-refractivity contribution is 0.239. The Morgan fingerprint density at radius 2 is 2.23 bits per heavy atom. The molecule has 1 unspecified atom stereocenters. The van der Waals surface area contributed by atoms with Crippen LogP contribution in [0.3, 0.4) is 0 Å². The number of likely N-dealkylation sites (tertiary alicyclic amines) is 1. The lowest BCUT2D eigenvalue weighted by Crippen LogP contribution is -2.30. The summed E-state index contributed by atoms with van der Waals surface area (Å²) in [5, 5.41) is 0. The van der Waals surface area contributed by atoms with Crippen molar-refractivity contribution in [1.29, 1.82) is 0 Å². The van der Waals surface area contributed by atoms with E-state index in [-0.39, 0.29) is 5.82 Å². The van der Waals surface area contributed by atoms with Crippen LogP contribution in [0.1, 0.15) is 24.0 Å². The third-order valence-corrected chi connectivity index (χ3v) is 4.28. The summed E-state index contributed by atoms with van der Waals surface area (Å²) >= 11 is 0. The summed E-state index contributed by atoms with van der Waals surface area (Å²) in [6, 6.07) is 11.4. The summed E-state index contributed by atoms with van der Waals surface area (Å²) < 4.78 is 18.7. The molecule has 1 aromatic carbocycles. The fraction of sp³-hybridized carbons (Fsp3) is 0.389. The fourth-order valence-corrected chi connectivity index (χ4v) is 3.22. The summed E-state index contributed by atoms with van der Waals surface area (Å²) in [6.45, 7) is 1.90. The number of benzene rings is 1. The zero-order valence-electron chi connectivity index (χ0n) is 12.8. The zero-order chi connectivity index (χ0) is 15.4. The molecule has 0 N–H and O–H groups in total. The number of nitrogens with zero attached hydrogens (tertiary/aromatic N) is 2. The molecule has 1 saturated heterocycles. The van der Waals surface area contributed by atoms with Crippen LogP contribution in [0.2, 0.25) is 0 Å². The molecule has 0 bridgehead atoms. The average Bonchev–Trinajstić information content (AvgIpc) is 2.95. The van der Waals surface area contributed by atoms with E-state index in [4.69, 9.17) is 4.74 Å². The van der Waals surface area contributed by atoms with Gasteiger partial charge < -0.3 is 4.74 Å². The molecular formula is C18H21FN2O. The van der Waals surface area contributed by atoms with Crippen LogP contribution in [0.4, 0.5) is 4.39 Å². The van der Waals surface area contributed by atoms with E-state index in [9.17, 15) is 4.39 Å². The van der Waals surface area contributed by atoms with Gasteiger partial charge >= 0.3 is 0 Å². The lowest BCUT2D eigenvalue weighted by Gasteiger charge is -2.25. The van der Waals surface area contributed by atoms with E-state index in [1.165, 1.54) is 12.5 Å². The van der Waals surface area contributed by atoms with Crippen molar-refractivity contribution < 1.29 is 9.13 Å². The Hall–Kier alpha value is -1.94. The minimum Gasteiger partial charge on any atom is -0.481 e. The molecule has 1 fully saturated rings. The summed E-state index contributed by atoms with van der Waals surface area (Å²) in [6.07, 6.45) is 4.97. The highest BCUT2D eigenvalue weighted by atomic mass is 19.1. The van der Waals surface area contributed by atoms with Crippen LogP contribution in [0, 0.1) is 5.82 Å². The van der Waals surface area contributed by atoms with Gasteiger partial charge in [0, 0.05) is 24.3 Å². The summed E-state index contributed by atoms with van der Waals surface area (Å²) in [5.41, 5.74) is 2.17. The highest BCUT2D eigenvalue weighted by Crippen LogP contribution is 2.25. The van der Waals surface area contributed by atoms with E-state index in [2.05, 4.69) is 16.0 Å². The Labute approximate surface area is 130 Å². The number of pyridine rings is 1. The minimum atomic E-state index is -0.157. The van der Waals surface area contributed by atoms with Gasteiger partial charge in [0.05, 0.1) is 7.11 Å². The number of rotatable bonds is 5. The molecule has 2 aromatic rings. The van der Waals surface area contributed by atoms with Crippen LogP contribution in [0.5, 0.6) is 5.88 Å². The van der Waals surface area contributed by atoms with Crippen LogP contribution >= 0.6 is 0 Å². The number of aromatic nitrogens is 1. The molecule has 0 spiro atoms. The molecule has 1 aromatic heterocycles. The van der Waals surface area contributed by atoms with Crippen LogP contribution in [-0.2, 0) is 13.0 Å². The molecule has 3 rings (SSSR count). The predicted octanol–water partition coefficient (Wildman–Crippen LogP) is 3.44. The molecule has 2 heterocycles. The minimum absolute atomic E-state index is 0.157. The van der Waals surface area contributed by atoms with Gasteiger partial charge in [-0.25, -0.2) is 9.37 Å². The highest BCUT2D eigenvalue weighted by molar-refractivity contribution is 5.25. The molecule has 4 heteroatoms. The van der Waals surface area contributed by atoms with E-state index in [0.29, 0.717) is 11.9 Å². The van der Waals surface area contributed by atoms with Crippen LogP contribution in [-0.4, -0.2) is 29.6 Å². The van der Waals surface area contributed by atoms with Gasteiger partial charge in [-0.1, -0.05) is 18.2 Å². The monoisotopic (exact) mass is 300 g/mol. The van der Waals surface area contributed by atoms with Crippen molar-refractivity contribution in [2.24, 2.45) is 0 Å². The predicted molar refractivity (Wildman–Crippen MR) is 84.3 cm³/mol. The second-order valence-electron chi connectivity index (χ2n) is 5.77. The van der Waals surface area contributed by atoms with Gasteiger partial charge in [-0.15, -0.1) is 0 Å². The number of hydrogen-bond donors (Lipinski definition) is 0. The van der Waals surface area contributed by atoms with Gasteiger partial charge in [-0.2, -0.15) is 0 Å². The first-order valence-electron chi connectivity index (χ1n) is 7.72. The molecule has 0 saturated carbocycles. The molecule has 1 atom stereocenters. The van der Waals surface area contributed by atoms with Crippen molar-refractivity contribution in [3.05, 3.63) is 59.5 Å². The molecule has 0 aliphatic carbocycles. The highest BCUT2D eigenvalue weighted by Gasteiger charge is 2.25. The maximum absolute atomic E-state index is 13.3. The van der Waals surface area contributed by atoms with Crippen molar-refractivity contribution in [3.63, 3.8) is 0 Å². The average molecular weight is 300 g/mol. The first-order chi connectivity index (χ1) is 10.8. The largest absolute Gasteiger partial charge is 0.481 e. The van der Waals surface area contributed by atoms with Crippen LogP contribution in [0.25, 0.3) is 0 Å². The number of hydrogen-bond acceptors (Lipinski definition) is 3. The van der Waals surface area contributed by atoms with Crippen molar-refractivity contribution >= 4 is 0 Å². The SMILES string of the molecule is COc1ncccc1CN1CCCC1Cc1cccc(F)c1. The molecular weight excluding hydrogens is 279 g/mol. The Kier molecular flexibility index (Phi) is 4.68. The summed E-state index contributed by atoms with van der Waals surface area (Å²) in [7, 11) is 1.65. The third kappa shape index (κ3) is 3.45. The Balaban J connectivity index is 1.70. The fourth-order valence-electron chi connectivity index (χ4n) is 3.22. The van der Waals surface area contributed by atoms with Gasteiger partial charge in [0.2, 0.25) is 5.88 Å². The van der Waals surface area contributed by atoms with E-state index in [1.54, 1.807) is 25.4 Å². The maximum atomic E-state index is 13.3. The topological polar surface area (TPSA) is 25.4 Å². The Bertz CT molecular complexity index is 632. The second-order valence-corrected chi connectivity index (χ2v) is 5.77. The maximum Gasteiger partial charge on any atom is 0.217 e. The van der Waals surface area contributed by atoms with E-state index >= 15 is 0 Å². The number of halogens is 1. The molecule has 0 radical (unpaired) electrons. The van der Waals surface area contributed by atoms with E-state index in [0.717, 1.165) is 37.1 Å². The number of ether oxygens (including phenoxy) is 1. The zero-order valence-corrected chi connectivity index (χ0v) is 12.8. The van der Waals surface area contributed by atoms with E-state index in [1.807, 2.05) is 12.1 Å². The molecule has 1 aliphatic rings. The van der Waals surface area contributed by atoms with Gasteiger partial charge in [-0.05, 0) is 49.6 Å². The van der Waals surface area contributed by atoms with Crippen molar-refractivity contribution in [1.82, 2.24) is 9.88 Å². The van der Waals surface area contributed by atoms with Crippen LogP contribution < -0.4 is 4.74 Å². The summed E-state index contributed by atoms with van der Waals surface area (Å²) in [5.74, 6) is 0.537. The van der Waals surface area contributed by atoms with Crippen LogP contribution in [0.15, 0.2) is 42.6 Å². The smallest absolute Gasteiger partial charge is 0.217 e. The van der Waals surface area contributed by atoms with Crippen molar-refractivity contribution in [3.8, 4) is 5.88 Å². The molecule has 3 nitrogen and oxygen atoms in total. The van der Waals surface area contributed by atoms with Gasteiger partial charge in [-0.3, -0.25) is 4.90 Å². The van der Waals surface area contributed by atoms with Crippen molar-refractivity contribution in [2.75, 3.05) is 13.7 Å². The second kappa shape index (κ2) is 6.88. The Morgan fingerprint density at radius 1 is 1.32 bits per heavy atom. The molecule has 116 valence electrons. The van der Waals surface area contributed by atoms with Gasteiger partial charge in [0.25, 0.3) is 0 Å². The standard InChI is InChI=1S/C18H21FN2O/c1-22-18-15(6-3-9-20-18)13-21-10-4-8-17(21)12-14-5-2-7-16(19)11-14/h2-3,5-7,9,11,17H,4,8,10,12-13H2,1H3. The third-order valence-electron chi connectivity index (χ3n) is 4.28. The first kappa shape index (κ1) is 15.0.